The van der Waals surface area contributed by atoms with Crippen LogP contribution in [0.15, 0.2) is 54.7 Å². The molecule has 2 aromatic rings. The number of fused-ring (bicyclic) bond motifs is 2. The highest BCUT2D eigenvalue weighted by atomic mass is 16.5. The molecule has 0 unspecified atom stereocenters. The second kappa shape index (κ2) is 7.23. The number of rotatable bonds is 4. The molecule has 0 bridgehead atoms. The van der Waals surface area contributed by atoms with E-state index in [9.17, 15) is 9.59 Å². The zero-order valence-electron chi connectivity index (χ0n) is 15.8. The maximum absolute atomic E-state index is 12.2. The lowest BCUT2D eigenvalue weighted by Gasteiger charge is -2.22. The van der Waals surface area contributed by atoms with Gasteiger partial charge in [0.05, 0.1) is 0 Å². The van der Waals surface area contributed by atoms with Gasteiger partial charge in [-0.2, -0.15) is 0 Å². The third-order valence-electron chi connectivity index (χ3n) is 4.47. The van der Waals surface area contributed by atoms with Crippen LogP contribution in [0.25, 0.3) is 10.8 Å². The maximum Gasteiger partial charge on any atom is 0.338 e. The molecule has 1 aliphatic rings. The number of ether oxygens (including phenoxy) is 2. The van der Waals surface area contributed by atoms with Crippen molar-refractivity contribution in [3.8, 4) is 11.5 Å². The summed E-state index contributed by atoms with van der Waals surface area (Å²) < 4.78 is 11.4. The SMILES string of the molecule is C=C(C)C(=O)Oc1c2c(c(OC(=O)C(=C)C)c3cc(C)ccc13)CC=CC2. The Morgan fingerprint density at radius 1 is 0.852 bits per heavy atom. The quantitative estimate of drug-likeness (QED) is 0.340. The lowest BCUT2D eigenvalue weighted by atomic mass is 9.90. The first-order valence-corrected chi connectivity index (χ1v) is 8.78. The van der Waals surface area contributed by atoms with Crippen LogP contribution in [0.1, 0.15) is 30.5 Å². The first-order chi connectivity index (χ1) is 12.8. The molecule has 3 rings (SSSR count). The monoisotopic (exact) mass is 362 g/mol. The molecule has 0 saturated heterocycles. The highest BCUT2D eigenvalue weighted by molar-refractivity contribution is 6.01. The third kappa shape index (κ3) is 3.56. The maximum atomic E-state index is 12.2. The van der Waals surface area contributed by atoms with E-state index in [-0.39, 0.29) is 0 Å². The van der Waals surface area contributed by atoms with Gasteiger partial charge >= 0.3 is 11.9 Å². The van der Waals surface area contributed by atoms with Crippen LogP contribution < -0.4 is 9.47 Å². The van der Waals surface area contributed by atoms with Gasteiger partial charge in [-0.25, -0.2) is 9.59 Å². The van der Waals surface area contributed by atoms with E-state index < -0.39 is 11.9 Å². The molecule has 0 radical (unpaired) electrons. The molecule has 0 atom stereocenters. The van der Waals surface area contributed by atoms with Crippen molar-refractivity contribution in [1.82, 2.24) is 0 Å². The number of carbonyl (C=O) groups excluding carboxylic acids is 2. The largest absolute Gasteiger partial charge is 0.422 e. The van der Waals surface area contributed by atoms with Gasteiger partial charge in [-0.15, -0.1) is 0 Å². The Bertz CT molecular complexity index is 1020. The molecule has 0 aromatic heterocycles. The number of hydrogen-bond acceptors (Lipinski definition) is 4. The van der Waals surface area contributed by atoms with E-state index in [1.54, 1.807) is 13.8 Å². The van der Waals surface area contributed by atoms with Crippen molar-refractivity contribution in [3.05, 3.63) is 71.3 Å². The molecule has 4 nitrogen and oxygen atoms in total. The summed E-state index contributed by atoms with van der Waals surface area (Å²) in [4.78, 5) is 24.5. The van der Waals surface area contributed by atoms with Crippen molar-refractivity contribution in [1.29, 1.82) is 0 Å². The Labute approximate surface area is 158 Å². The van der Waals surface area contributed by atoms with Gasteiger partial charge in [0.2, 0.25) is 0 Å². The molecule has 0 saturated carbocycles. The van der Waals surface area contributed by atoms with Gasteiger partial charge < -0.3 is 9.47 Å². The summed E-state index contributed by atoms with van der Waals surface area (Å²) in [5, 5.41) is 1.47. The van der Waals surface area contributed by atoms with E-state index in [4.69, 9.17) is 9.47 Å². The van der Waals surface area contributed by atoms with Crippen molar-refractivity contribution in [2.75, 3.05) is 0 Å². The van der Waals surface area contributed by atoms with Crippen LogP contribution >= 0.6 is 0 Å². The second-order valence-corrected chi connectivity index (χ2v) is 6.88. The number of esters is 2. The minimum Gasteiger partial charge on any atom is -0.422 e. The molecule has 0 N–H and O–H groups in total. The minimum atomic E-state index is -0.472. The van der Waals surface area contributed by atoms with Crippen LogP contribution in [0.5, 0.6) is 11.5 Å². The van der Waals surface area contributed by atoms with E-state index in [2.05, 4.69) is 13.2 Å². The summed E-state index contributed by atoms with van der Waals surface area (Å²) in [6, 6.07) is 5.77. The Kier molecular flexibility index (Phi) is 5.00. The molecule has 1 aliphatic carbocycles. The van der Waals surface area contributed by atoms with Crippen LogP contribution in [0.3, 0.4) is 0 Å². The number of aryl methyl sites for hydroxylation is 1. The van der Waals surface area contributed by atoms with E-state index in [0.29, 0.717) is 35.5 Å². The fourth-order valence-corrected chi connectivity index (χ4v) is 3.07. The van der Waals surface area contributed by atoms with Crippen molar-refractivity contribution in [2.45, 2.75) is 33.6 Å². The number of benzene rings is 2. The highest BCUT2D eigenvalue weighted by Gasteiger charge is 2.25. The Morgan fingerprint density at radius 3 is 1.81 bits per heavy atom. The average Bonchev–Trinajstić information content (AvgIpc) is 2.63. The minimum absolute atomic E-state index is 0.327. The molecule has 0 heterocycles. The van der Waals surface area contributed by atoms with Crippen LogP contribution in [0, 0.1) is 6.92 Å². The van der Waals surface area contributed by atoms with Gasteiger partial charge in [-0.1, -0.05) is 43.0 Å². The molecule has 0 amide bonds. The molecule has 0 fully saturated rings. The Morgan fingerprint density at radius 2 is 1.33 bits per heavy atom. The summed E-state index contributed by atoms with van der Waals surface area (Å²) in [7, 11) is 0. The smallest absolute Gasteiger partial charge is 0.338 e. The zero-order chi connectivity index (χ0) is 19.7. The molecular weight excluding hydrogens is 340 g/mol. The van der Waals surface area contributed by atoms with Crippen LogP contribution in [0.4, 0.5) is 0 Å². The van der Waals surface area contributed by atoms with Crippen molar-refractivity contribution >= 4 is 22.7 Å². The summed E-state index contributed by atoms with van der Waals surface area (Å²) in [5.41, 5.74) is 3.38. The molecule has 2 aromatic carbocycles. The summed E-state index contributed by atoms with van der Waals surface area (Å²) >= 11 is 0. The van der Waals surface area contributed by atoms with E-state index in [1.807, 2.05) is 37.3 Å². The lowest BCUT2D eigenvalue weighted by Crippen LogP contribution is -2.15. The van der Waals surface area contributed by atoms with E-state index >= 15 is 0 Å². The van der Waals surface area contributed by atoms with Gasteiger partial charge in [0.1, 0.15) is 11.5 Å². The van der Waals surface area contributed by atoms with Crippen LogP contribution in [-0.2, 0) is 22.4 Å². The van der Waals surface area contributed by atoms with Gasteiger partial charge in [-0.3, -0.25) is 0 Å². The molecule has 0 spiro atoms. The van der Waals surface area contributed by atoms with Crippen LogP contribution in [0.2, 0.25) is 0 Å². The van der Waals surface area contributed by atoms with Gasteiger partial charge in [-0.05, 0) is 39.7 Å². The van der Waals surface area contributed by atoms with Crippen molar-refractivity contribution < 1.29 is 19.1 Å². The number of carbonyl (C=O) groups is 2. The topological polar surface area (TPSA) is 52.6 Å². The first-order valence-electron chi connectivity index (χ1n) is 8.78. The van der Waals surface area contributed by atoms with Gasteiger partial charge in [0, 0.05) is 33.0 Å². The van der Waals surface area contributed by atoms with Crippen molar-refractivity contribution in [3.63, 3.8) is 0 Å². The highest BCUT2D eigenvalue weighted by Crippen LogP contribution is 2.43. The Hall–Kier alpha value is -3.14. The van der Waals surface area contributed by atoms with Gasteiger partial charge in [0.25, 0.3) is 0 Å². The molecule has 27 heavy (non-hydrogen) atoms. The Balaban J connectivity index is 2.31. The summed E-state index contributed by atoms with van der Waals surface area (Å²) in [6.45, 7) is 12.5. The summed E-state index contributed by atoms with van der Waals surface area (Å²) in [5.74, 6) is 0.0743. The lowest BCUT2D eigenvalue weighted by molar-refractivity contribution is -0.131. The fraction of sp³-hybridized carbons (Fsp3) is 0.217. The average molecular weight is 362 g/mol. The summed E-state index contributed by atoms with van der Waals surface area (Å²) in [6.07, 6.45) is 5.22. The normalized spacial score (nSPS) is 12.4. The first kappa shape index (κ1) is 18.6. The predicted molar refractivity (Wildman–Crippen MR) is 106 cm³/mol. The zero-order valence-corrected chi connectivity index (χ0v) is 15.8. The van der Waals surface area contributed by atoms with E-state index in [0.717, 1.165) is 27.5 Å². The molecule has 0 aliphatic heterocycles. The standard InChI is InChI=1S/C23H22O4/c1-13(2)22(24)26-20-16-8-6-7-9-17(16)21(27-23(25)14(3)4)19-12-15(5)10-11-18(19)20/h6-7,10-12H,1,3,8-9H2,2,4-5H3. The predicted octanol–water partition coefficient (Wildman–Crippen LogP) is 4.77. The number of hydrogen-bond donors (Lipinski definition) is 0. The molecule has 138 valence electrons. The molecular formula is C23H22O4. The van der Waals surface area contributed by atoms with E-state index in [1.165, 1.54) is 0 Å². The van der Waals surface area contributed by atoms with Crippen molar-refractivity contribution in [2.24, 2.45) is 0 Å². The molecule has 4 heteroatoms. The fourth-order valence-electron chi connectivity index (χ4n) is 3.07. The third-order valence-corrected chi connectivity index (χ3v) is 4.47. The van der Waals surface area contributed by atoms with Crippen LogP contribution in [-0.4, -0.2) is 11.9 Å². The second-order valence-electron chi connectivity index (χ2n) is 6.88. The number of allylic oxidation sites excluding steroid dienone is 2. The van der Waals surface area contributed by atoms with Gasteiger partial charge in [0.15, 0.2) is 0 Å².